The molecule has 180 valence electrons. The summed E-state index contributed by atoms with van der Waals surface area (Å²) < 4.78 is 11.0. The van der Waals surface area contributed by atoms with Gasteiger partial charge in [0.2, 0.25) is 5.91 Å². The van der Waals surface area contributed by atoms with E-state index in [9.17, 15) is 14.4 Å². The average molecular weight is 469 g/mol. The Bertz CT molecular complexity index is 1010. The number of fused-ring (bicyclic) bond motifs is 3. The first kappa shape index (κ1) is 23.7. The molecular formula is C25H28N2O7. The number of nitrogens with one attached hydrogen (secondary N) is 2. The first-order chi connectivity index (χ1) is 16.5. The van der Waals surface area contributed by atoms with Gasteiger partial charge in [-0.05, 0) is 28.7 Å². The van der Waals surface area contributed by atoms with Gasteiger partial charge in [0.15, 0.2) is 0 Å². The molecule has 9 nitrogen and oxygen atoms in total. The van der Waals surface area contributed by atoms with Gasteiger partial charge in [0.05, 0.1) is 0 Å². The predicted octanol–water partition coefficient (Wildman–Crippen LogP) is 1.88. The number of rotatable bonds is 9. The summed E-state index contributed by atoms with van der Waals surface area (Å²) in [5.74, 6) is -2.17. The number of ether oxygens (including phenoxy) is 2. The molecule has 0 radical (unpaired) electrons. The van der Waals surface area contributed by atoms with Gasteiger partial charge in [-0.25, -0.2) is 9.59 Å². The van der Waals surface area contributed by atoms with E-state index in [1.54, 1.807) is 0 Å². The second kappa shape index (κ2) is 10.7. The molecule has 4 N–H and O–H groups in total. The Balaban J connectivity index is 1.30. The Hall–Kier alpha value is -3.43. The van der Waals surface area contributed by atoms with Crippen LogP contribution in [0, 0.1) is 5.92 Å². The third kappa shape index (κ3) is 5.05. The van der Waals surface area contributed by atoms with Gasteiger partial charge in [0.25, 0.3) is 0 Å². The quantitative estimate of drug-likeness (QED) is 0.441. The Labute approximate surface area is 197 Å². The van der Waals surface area contributed by atoms with Crippen LogP contribution >= 0.6 is 0 Å². The van der Waals surface area contributed by atoms with Crippen LogP contribution in [0.5, 0.6) is 0 Å². The van der Waals surface area contributed by atoms with Gasteiger partial charge in [-0.15, -0.1) is 0 Å². The van der Waals surface area contributed by atoms with Crippen LogP contribution in [0.25, 0.3) is 11.1 Å². The molecule has 2 aromatic carbocycles. The van der Waals surface area contributed by atoms with E-state index in [0.717, 1.165) is 22.3 Å². The lowest BCUT2D eigenvalue weighted by molar-refractivity contribution is -0.144. The largest absolute Gasteiger partial charge is 0.480 e. The lowest BCUT2D eigenvalue weighted by atomic mass is 9.98. The van der Waals surface area contributed by atoms with Crippen molar-refractivity contribution >= 4 is 18.0 Å². The standard InChI is InChI=1S/C25H28N2O7/c28-11-9-21(24(30)31)27-23(29)22-15(10-12-33-22)13-26-25(32)34-14-20-18-7-3-1-5-16(18)17-6-2-4-8-19(17)20/h1-8,15,20-22,28H,9-14H2,(H,26,32)(H,27,29)(H,30,31)/t15-,21-,22-/m0/s1. The number of hydrogen-bond donors (Lipinski definition) is 4. The molecule has 34 heavy (non-hydrogen) atoms. The second-order valence-electron chi connectivity index (χ2n) is 8.46. The molecule has 9 heteroatoms. The monoisotopic (exact) mass is 468 g/mol. The minimum absolute atomic E-state index is 0.0500. The van der Waals surface area contributed by atoms with Crippen LogP contribution in [0.1, 0.15) is 29.9 Å². The van der Waals surface area contributed by atoms with Crippen LogP contribution in [0.3, 0.4) is 0 Å². The van der Waals surface area contributed by atoms with Crippen LogP contribution in [-0.4, -0.2) is 66.7 Å². The zero-order valence-electron chi connectivity index (χ0n) is 18.6. The highest BCUT2D eigenvalue weighted by molar-refractivity contribution is 5.86. The second-order valence-corrected chi connectivity index (χ2v) is 8.46. The van der Waals surface area contributed by atoms with Crippen LogP contribution in [-0.2, 0) is 19.1 Å². The lowest BCUT2D eigenvalue weighted by Gasteiger charge is -2.21. The van der Waals surface area contributed by atoms with Crippen LogP contribution in [0.2, 0.25) is 0 Å². The summed E-state index contributed by atoms with van der Waals surface area (Å²) >= 11 is 0. The highest BCUT2D eigenvalue weighted by Gasteiger charge is 2.36. The summed E-state index contributed by atoms with van der Waals surface area (Å²) in [4.78, 5) is 36.2. The number of amides is 2. The molecule has 1 fully saturated rings. The molecular weight excluding hydrogens is 440 g/mol. The van der Waals surface area contributed by atoms with Crippen molar-refractivity contribution in [2.24, 2.45) is 5.92 Å². The fraction of sp³-hybridized carbons (Fsp3) is 0.400. The first-order valence-electron chi connectivity index (χ1n) is 11.3. The summed E-state index contributed by atoms with van der Waals surface area (Å²) in [6.45, 7) is 0.307. The number of carbonyl (C=O) groups is 3. The Kier molecular flexibility index (Phi) is 7.44. The minimum atomic E-state index is -1.23. The number of carbonyl (C=O) groups excluding carboxylic acids is 2. The van der Waals surface area contributed by atoms with E-state index in [4.69, 9.17) is 19.7 Å². The third-order valence-electron chi connectivity index (χ3n) is 6.36. The van der Waals surface area contributed by atoms with Crippen molar-refractivity contribution < 1.29 is 34.1 Å². The SMILES string of the molecule is O=C(NC[C@@H]1CCO[C@@H]1C(=O)N[C@@H](CCO)C(=O)O)OCC1c2ccccc2-c2ccccc21. The van der Waals surface area contributed by atoms with Crippen LogP contribution in [0.15, 0.2) is 48.5 Å². The highest BCUT2D eigenvalue weighted by atomic mass is 16.5. The van der Waals surface area contributed by atoms with Gasteiger partial charge in [0, 0.05) is 38.0 Å². The Morgan fingerprint density at radius 1 is 1.06 bits per heavy atom. The smallest absolute Gasteiger partial charge is 0.407 e. The summed E-state index contributed by atoms with van der Waals surface area (Å²) in [6.07, 6.45) is -1.03. The molecule has 1 heterocycles. The fourth-order valence-corrected chi connectivity index (χ4v) is 4.64. The number of alkyl carbamates (subject to hydrolysis) is 1. The normalized spacial score (nSPS) is 19.7. The number of hydrogen-bond acceptors (Lipinski definition) is 6. The molecule has 0 bridgehead atoms. The molecule has 0 saturated carbocycles. The van der Waals surface area contributed by atoms with E-state index in [1.165, 1.54) is 0 Å². The van der Waals surface area contributed by atoms with E-state index in [-0.39, 0.29) is 38.0 Å². The number of aliphatic hydroxyl groups is 1. The number of aliphatic carboxylic acids is 1. The maximum atomic E-state index is 12.5. The topological polar surface area (TPSA) is 134 Å². The molecule has 1 saturated heterocycles. The first-order valence-corrected chi connectivity index (χ1v) is 11.3. The van der Waals surface area contributed by atoms with Crippen molar-refractivity contribution in [3.8, 4) is 11.1 Å². The Morgan fingerprint density at radius 3 is 2.32 bits per heavy atom. The van der Waals surface area contributed by atoms with E-state index < -0.39 is 30.1 Å². The van der Waals surface area contributed by atoms with Crippen LogP contribution in [0.4, 0.5) is 4.79 Å². The van der Waals surface area contributed by atoms with Gasteiger partial charge in [-0.1, -0.05) is 48.5 Å². The number of carboxylic acids is 1. The number of carboxylic acid groups (broad SMARTS) is 1. The summed E-state index contributed by atoms with van der Waals surface area (Å²) in [6, 6.07) is 14.9. The molecule has 2 amide bonds. The maximum absolute atomic E-state index is 12.5. The number of aliphatic hydroxyl groups excluding tert-OH is 1. The zero-order chi connectivity index (χ0) is 24.1. The molecule has 1 aliphatic carbocycles. The molecule has 1 aliphatic heterocycles. The average Bonchev–Trinajstić information content (AvgIpc) is 3.44. The van der Waals surface area contributed by atoms with E-state index in [0.29, 0.717) is 13.0 Å². The van der Waals surface area contributed by atoms with Gasteiger partial charge < -0.3 is 30.3 Å². The van der Waals surface area contributed by atoms with E-state index in [1.807, 2.05) is 36.4 Å². The minimum Gasteiger partial charge on any atom is -0.480 e. The van der Waals surface area contributed by atoms with Gasteiger partial charge >= 0.3 is 12.1 Å². The van der Waals surface area contributed by atoms with Gasteiger partial charge in [-0.3, -0.25) is 4.79 Å². The summed E-state index contributed by atoms with van der Waals surface area (Å²) in [5, 5.41) is 23.3. The molecule has 0 spiro atoms. The van der Waals surface area contributed by atoms with Crippen molar-refractivity contribution in [1.82, 2.24) is 10.6 Å². The molecule has 2 aliphatic rings. The van der Waals surface area contributed by atoms with E-state index in [2.05, 4.69) is 22.8 Å². The van der Waals surface area contributed by atoms with Crippen molar-refractivity contribution in [2.75, 3.05) is 26.4 Å². The summed E-state index contributed by atoms with van der Waals surface area (Å²) in [7, 11) is 0. The molecule has 3 atom stereocenters. The maximum Gasteiger partial charge on any atom is 0.407 e. The predicted molar refractivity (Wildman–Crippen MR) is 122 cm³/mol. The van der Waals surface area contributed by atoms with Crippen molar-refractivity contribution in [1.29, 1.82) is 0 Å². The van der Waals surface area contributed by atoms with E-state index >= 15 is 0 Å². The molecule has 0 aromatic heterocycles. The molecule has 0 unspecified atom stereocenters. The molecule has 2 aromatic rings. The fourth-order valence-electron chi connectivity index (χ4n) is 4.64. The highest BCUT2D eigenvalue weighted by Crippen LogP contribution is 2.44. The van der Waals surface area contributed by atoms with Crippen molar-refractivity contribution in [3.05, 3.63) is 59.7 Å². The van der Waals surface area contributed by atoms with Gasteiger partial charge in [-0.2, -0.15) is 0 Å². The third-order valence-corrected chi connectivity index (χ3v) is 6.36. The van der Waals surface area contributed by atoms with Crippen molar-refractivity contribution in [2.45, 2.75) is 30.9 Å². The lowest BCUT2D eigenvalue weighted by Crippen LogP contribution is -2.48. The Morgan fingerprint density at radius 2 is 1.71 bits per heavy atom. The van der Waals surface area contributed by atoms with Gasteiger partial charge in [0.1, 0.15) is 18.8 Å². The van der Waals surface area contributed by atoms with Crippen LogP contribution < -0.4 is 10.6 Å². The van der Waals surface area contributed by atoms with Crippen molar-refractivity contribution in [3.63, 3.8) is 0 Å². The molecule has 4 rings (SSSR count). The summed E-state index contributed by atoms with van der Waals surface area (Å²) in [5.41, 5.74) is 4.52. The number of benzene rings is 2. The zero-order valence-corrected chi connectivity index (χ0v) is 18.6.